The molecular weight excluding hydrogens is 294 g/mol. The van der Waals surface area contributed by atoms with Crippen molar-refractivity contribution in [3.63, 3.8) is 0 Å². The third-order valence-electron chi connectivity index (χ3n) is 5.31. The van der Waals surface area contributed by atoms with Crippen LogP contribution in [0.25, 0.3) is 0 Å². The van der Waals surface area contributed by atoms with E-state index in [1.54, 1.807) is 9.80 Å². The maximum Gasteiger partial charge on any atom is 0.328 e. The highest BCUT2D eigenvalue weighted by Crippen LogP contribution is 2.39. The number of hydrogen-bond donors (Lipinski definition) is 0. The molecule has 0 radical (unpaired) electrons. The number of hydrogen-bond acceptors (Lipinski definition) is 3. The van der Waals surface area contributed by atoms with Crippen LogP contribution in [0.3, 0.4) is 0 Å². The summed E-state index contributed by atoms with van der Waals surface area (Å²) in [7, 11) is 0. The van der Waals surface area contributed by atoms with E-state index in [1.807, 2.05) is 37.3 Å². The van der Waals surface area contributed by atoms with Crippen molar-refractivity contribution < 1.29 is 14.4 Å². The van der Waals surface area contributed by atoms with E-state index < -0.39 is 11.6 Å². The Balaban J connectivity index is 1.62. The van der Waals surface area contributed by atoms with Gasteiger partial charge in [-0.05, 0) is 38.3 Å². The number of imide groups is 1. The van der Waals surface area contributed by atoms with Crippen LogP contribution in [-0.2, 0) is 9.59 Å². The molecule has 3 aliphatic rings. The number of para-hydroxylation sites is 1. The van der Waals surface area contributed by atoms with E-state index in [9.17, 15) is 14.4 Å². The van der Waals surface area contributed by atoms with Gasteiger partial charge in [0, 0.05) is 18.8 Å². The highest BCUT2D eigenvalue weighted by molar-refractivity contribution is 6.12. The first kappa shape index (κ1) is 14.2. The maximum absolute atomic E-state index is 12.8. The molecular formula is C17H19N3O3. The number of carbonyl (C=O) groups excluding carboxylic acids is 3. The highest BCUT2D eigenvalue weighted by Gasteiger charge is 2.59. The standard InChI is InChI=1S/C17H19N3O3/c1-17-9-5-10-19(17)16(23)20(15(17)22)13-8-11-18(14(13)21)12-6-3-2-4-7-12/h2-4,6-7,13H,5,8-11H2,1H3/t13-,17+/m1/s1. The van der Waals surface area contributed by atoms with E-state index in [2.05, 4.69) is 0 Å². The summed E-state index contributed by atoms with van der Waals surface area (Å²) in [5, 5.41) is 0. The van der Waals surface area contributed by atoms with Crippen LogP contribution in [0.2, 0.25) is 0 Å². The predicted molar refractivity (Wildman–Crippen MR) is 83.8 cm³/mol. The van der Waals surface area contributed by atoms with Crippen molar-refractivity contribution in [1.82, 2.24) is 9.80 Å². The minimum Gasteiger partial charge on any atom is -0.311 e. The zero-order chi connectivity index (χ0) is 16.2. The molecule has 4 amide bonds. The summed E-state index contributed by atoms with van der Waals surface area (Å²) in [5.41, 5.74) is 0.0585. The lowest BCUT2D eigenvalue weighted by atomic mass is 9.99. The Kier molecular flexibility index (Phi) is 2.98. The van der Waals surface area contributed by atoms with Gasteiger partial charge in [0.05, 0.1) is 0 Å². The number of carbonyl (C=O) groups is 3. The Hall–Kier alpha value is -2.37. The smallest absolute Gasteiger partial charge is 0.311 e. The summed E-state index contributed by atoms with van der Waals surface area (Å²) in [5.74, 6) is -0.379. The van der Waals surface area contributed by atoms with Crippen molar-refractivity contribution >= 4 is 23.5 Å². The fraction of sp³-hybridized carbons (Fsp3) is 0.471. The third kappa shape index (κ3) is 1.84. The third-order valence-corrected chi connectivity index (χ3v) is 5.31. The predicted octanol–water partition coefficient (Wildman–Crippen LogP) is 1.61. The molecule has 2 atom stereocenters. The Morgan fingerprint density at radius 2 is 1.83 bits per heavy atom. The first-order valence-corrected chi connectivity index (χ1v) is 8.06. The molecule has 0 aliphatic carbocycles. The summed E-state index contributed by atoms with van der Waals surface area (Å²) in [6.07, 6.45) is 2.02. The number of benzene rings is 1. The first-order chi connectivity index (χ1) is 11.0. The van der Waals surface area contributed by atoms with Gasteiger partial charge in [-0.25, -0.2) is 9.69 Å². The lowest BCUT2D eigenvalue weighted by Gasteiger charge is -2.23. The van der Waals surface area contributed by atoms with Crippen LogP contribution in [0.15, 0.2) is 30.3 Å². The largest absolute Gasteiger partial charge is 0.328 e. The molecule has 0 aromatic heterocycles. The summed E-state index contributed by atoms with van der Waals surface area (Å²) in [4.78, 5) is 42.7. The van der Waals surface area contributed by atoms with Crippen LogP contribution >= 0.6 is 0 Å². The number of anilines is 1. The van der Waals surface area contributed by atoms with Gasteiger partial charge in [-0.2, -0.15) is 0 Å². The van der Waals surface area contributed by atoms with Crippen LogP contribution in [0.1, 0.15) is 26.2 Å². The molecule has 0 unspecified atom stereocenters. The van der Waals surface area contributed by atoms with Gasteiger partial charge in [0.25, 0.3) is 5.91 Å². The second-order valence-electron chi connectivity index (χ2n) is 6.62. The van der Waals surface area contributed by atoms with Crippen molar-refractivity contribution in [2.24, 2.45) is 0 Å². The Bertz CT molecular complexity index is 690. The van der Waals surface area contributed by atoms with E-state index in [0.717, 1.165) is 12.1 Å². The topological polar surface area (TPSA) is 60.9 Å². The second-order valence-corrected chi connectivity index (χ2v) is 6.62. The Morgan fingerprint density at radius 3 is 2.52 bits per heavy atom. The molecule has 0 bridgehead atoms. The van der Waals surface area contributed by atoms with E-state index in [4.69, 9.17) is 0 Å². The van der Waals surface area contributed by atoms with Gasteiger partial charge in [0.2, 0.25) is 5.91 Å². The highest BCUT2D eigenvalue weighted by atomic mass is 16.2. The van der Waals surface area contributed by atoms with Crippen LogP contribution < -0.4 is 4.90 Å². The molecule has 23 heavy (non-hydrogen) atoms. The molecule has 1 aromatic rings. The fourth-order valence-electron chi connectivity index (χ4n) is 4.01. The molecule has 0 N–H and O–H groups in total. The lowest BCUT2D eigenvalue weighted by molar-refractivity contribution is -0.136. The number of amides is 4. The number of nitrogens with zero attached hydrogens (tertiary/aromatic N) is 3. The summed E-state index contributed by atoms with van der Waals surface area (Å²) < 4.78 is 0. The Labute approximate surface area is 134 Å². The summed E-state index contributed by atoms with van der Waals surface area (Å²) in [6, 6.07) is 8.41. The zero-order valence-corrected chi connectivity index (χ0v) is 13.1. The van der Waals surface area contributed by atoms with E-state index in [0.29, 0.717) is 25.9 Å². The Morgan fingerprint density at radius 1 is 1.09 bits per heavy atom. The molecule has 6 nitrogen and oxygen atoms in total. The van der Waals surface area contributed by atoms with Crippen molar-refractivity contribution in [3.8, 4) is 0 Å². The average molecular weight is 313 g/mol. The van der Waals surface area contributed by atoms with Crippen LogP contribution in [0.4, 0.5) is 10.5 Å². The lowest BCUT2D eigenvalue weighted by Crippen LogP contribution is -2.47. The molecule has 6 heteroatoms. The molecule has 120 valence electrons. The van der Waals surface area contributed by atoms with Crippen LogP contribution in [0.5, 0.6) is 0 Å². The minimum absolute atomic E-state index is 0.164. The molecule has 4 rings (SSSR count). The van der Waals surface area contributed by atoms with Gasteiger partial charge in [0.15, 0.2) is 0 Å². The van der Waals surface area contributed by atoms with Crippen molar-refractivity contribution in [2.45, 2.75) is 37.8 Å². The van der Waals surface area contributed by atoms with E-state index in [1.165, 1.54) is 4.90 Å². The van der Waals surface area contributed by atoms with E-state index >= 15 is 0 Å². The van der Waals surface area contributed by atoms with Crippen LogP contribution in [-0.4, -0.2) is 52.3 Å². The molecule has 0 saturated carbocycles. The van der Waals surface area contributed by atoms with Gasteiger partial charge in [-0.3, -0.25) is 9.59 Å². The number of urea groups is 1. The number of rotatable bonds is 2. The van der Waals surface area contributed by atoms with Gasteiger partial charge in [0.1, 0.15) is 11.6 Å². The minimum atomic E-state index is -0.752. The quantitative estimate of drug-likeness (QED) is 0.779. The maximum atomic E-state index is 12.8. The fourth-order valence-corrected chi connectivity index (χ4v) is 4.01. The van der Waals surface area contributed by atoms with E-state index in [-0.39, 0.29) is 17.8 Å². The molecule has 0 spiro atoms. The van der Waals surface area contributed by atoms with Gasteiger partial charge >= 0.3 is 6.03 Å². The van der Waals surface area contributed by atoms with Crippen molar-refractivity contribution in [2.75, 3.05) is 18.0 Å². The molecule has 1 aromatic carbocycles. The van der Waals surface area contributed by atoms with Gasteiger partial charge in [-0.1, -0.05) is 18.2 Å². The monoisotopic (exact) mass is 313 g/mol. The zero-order valence-electron chi connectivity index (χ0n) is 13.1. The van der Waals surface area contributed by atoms with Gasteiger partial charge in [-0.15, -0.1) is 0 Å². The first-order valence-electron chi connectivity index (χ1n) is 8.06. The number of fused-ring (bicyclic) bond motifs is 1. The molecule has 3 saturated heterocycles. The molecule has 3 aliphatic heterocycles. The average Bonchev–Trinajstić information content (AvgIpc) is 3.17. The molecule has 3 heterocycles. The summed E-state index contributed by atoms with van der Waals surface area (Å²) in [6.45, 7) is 2.94. The molecule has 3 fully saturated rings. The van der Waals surface area contributed by atoms with Crippen molar-refractivity contribution in [1.29, 1.82) is 0 Å². The van der Waals surface area contributed by atoms with Crippen LogP contribution in [0, 0.1) is 0 Å². The summed E-state index contributed by atoms with van der Waals surface area (Å²) >= 11 is 0. The normalized spacial score (nSPS) is 30.6. The van der Waals surface area contributed by atoms with Gasteiger partial charge < -0.3 is 9.80 Å². The second kappa shape index (κ2) is 4.81. The van der Waals surface area contributed by atoms with Crippen molar-refractivity contribution in [3.05, 3.63) is 30.3 Å². The SMILES string of the molecule is C[C@@]12CCCN1C(=O)N([C@@H]1CCN(c3ccccc3)C1=O)C2=O.